The zero-order chi connectivity index (χ0) is 38.1. The first kappa shape index (κ1) is 38.1. The number of nitrogens with zero attached hydrogens (tertiary/aromatic N) is 4. The Hall–Kier alpha value is -4.66. The summed E-state index contributed by atoms with van der Waals surface area (Å²) in [6, 6.07) is 3.65. The average molecular weight is 747 g/mol. The minimum Gasteiger partial charge on any atom is -0.471 e. The van der Waals surface area contributed by atoms with E-state index < -0.39 is 64.7 Å². The molecule has 15 heteroatoms. The molecule has 4 atom stereocenters. The van der Waals surface area contributed by atoms with Gasteiger partial charge < -0.3 is 30.9 Å². The van der Waals surface area contributed by atoms with Crippen LogP contribution in [0.3, 0.4) is 0 Å². The zero-order valence-corrected chi connectivity index (χ0v) is 32.0. The van der Waals surface area contributed by atoms with E-state index in [0.717, 1.165) is 32.1 Å². The van der Waals surface area contributed by atoms with Gasteiger partial charge in [0.1, 0.15) is 28.6 Å². The van der Waals surface area contributed by atoms with Crippen molar-refractivity contribution >= 4 is 51.1 Å². The predicted molar refractivity (Wildman–Crippen MR) is 200 cm³/mol. The Morgan fingerprint density at radius 1 is 0.981 bits per heavy atom. The van der Waals surface area contributed by atoms with Crippen LogP contribution in [0, 0.1) is 11.3 Å². The molecule has 1 aliphatic heterocycles. The van der Waals surface area contributed by atoms with Crippen molar-refractivity contribution in [1.82, 2.24) is 41.1 Å². The van der Waals surface area contributed by atoms with E-state index in [9.17, 15) is 24.0 Å². The van der Waals surface area contributed by atoms with E-state index in [0.29, 0.717) is 34.0 Å². The summed E-state index contributed by atoms with van der Waals surface area (Å²) in [6.07, 6.45) is 5.90. The van der Waals surface area contributed by atoms with E-state index in [1.807, 2.05) is 59.1 Å². The van der Waals surface area contributed by atoms with Crippen molar-refractivity contribution in [2.45, 2.75) is 122 Å². The first-order valence-electron chi connectivity index (χ1n) is 18.4. The number of fused-ring (bicyclic) bond motifs is 1. The highest BCUT2D eigenvalue weighted by molar-refractivity contribution is 7.17. The van der Waals surface area contributed by atoms with Crippen LogP contribution < -0.4 is 26.0 Å². The van der Waals surface area contributed by atoms with Crippen molar-refractivity contribution in [1.29, 1.82) is 0 Å². The van der Waals surface area contributed by atoms with Gasteiger partial charge in [-0.15, -0.1) is 11.3 Å². The lowest BCUT2D eigenvalue weighted by Crippen LogP contribution is -2.61. The molecule has 0 unspecified atom stereocenters. The molecule has 3 fully saturated rings. The molecule has 0 spiro atoms. The number of nitrogens with one attached hydrogen (secondary N) is 4. The third-order valence-electron chi connectivity index (χ3n) is 9.73. The van der Waals surface area contributed by atoms with E-state index >= 15 is 0 Å². The summed E-state index contributed by atoms with van der Waals surface area (Å²) < 4.78 is 7.25. The monoisotopic (exact) mass is 746 g/mol. The summed E-state index contributed by atoms with van der Waals surface area (Å²) in [5, 5.41) is 13.2. The second-order valence-electron chi connectivity index (χ2n) is 16.5. The summed E-state index contributed by atoms with van der Waals surface area (Å²) in [6.45, 7) is 11.0. The van der Waals surface area contributed by atoms with E-state index in [1.54, 1.807) is 18.3 Å². The number of carbonyl (C=O) groups is 5. The maximum Gasteiger partial charge on any atom is 0.315 e. The molecule has 53 heavy (non-hydrogen) atoms. The molecule has 2 saturated carbocycles. The van der Waals surface area contributed by atoms with Crippen LogP contribution in [0.15, 0.2) is 35.8 Å². The van der Waals surface area contributed by atoms with Crippen molar-refractivity contribution in [2.24, 2.45) is 11.3 Å². The highest BCUT2D eigenvalue weighted by Gasteiger charge is 2.47. The number of aromatic nitrogens is 3. The van der Waals surface area contributed by atoms with Crippen molar-refractivity contribution in [3.8, 4) is 17.4 Å². The molecule has 0 radical (unpaired) electrons. The number of amides is 5. The van der Waals surface area contributed by atoms with Gasteiger partial charge in [0, 0.05) is 24.2 Å². The van der Waals surface area contributed by atoms with E-state index in [4.69, 9.17) is 9.72 Å². The summed E-state index contributed by atoms with van der Waals surface area (Å²) in [4.78, 5) is 83.6. The molecule has 0 bridgehead atoms. The second-order valence-corrected chi connectivity index (χ2v) is 17.5. The number of hydrogen-bond acceptors (Lipinski definition) is 10. The van der Waals surface area contributed by atoms with Gasteiger partial charge in [0.2, 0.25) is 23.5 Å². The minimum atomic E-state index is -1.07. The predicted octanol–water partition coefficient (Wildman–Crippen LogP) is 4.14. The maximum atomic E-state index is 14.6. The number of ketones is 1. The largest absolute Gasteiger partial charge is 0.471 e. The summed E-state index contributed by atoms with van der Waals surface area (Å²) in [5.74, 6) is -1.54. The molecule has 0 aromatic carbocycles. The van der Waals surface area contributed by atoms with Crippen molar-refractivity contribution < 1.29 is 28.7 Å². The molecule has 3 aromatic rings. The third-order valence-corrected chi connectivity index (χ3v) is 10.6. The van der Waals surface area contributed by atoms with Crippen LogP contribution in [0.1, 0.15) is 86.5 Å². The number of carbonyl (C=O) groups excluding carboxylic acids is 5. The molecule has 284 valence electrons. The molecule has 3 aromatic heterocycles. The van der Waals surface area contributed by atoms with Gasteiger partial charge in [0.15, 0.2) is 5.82 Å². The molecule has 5 amide bonds. The lowest BCUT2D eigenvalue weighted by Gasteiger charge is -2.36. The fourth-order valence-electron chi connectivity index (χ4n) is 6.58. The second kappa shape index (κ2) is 15.4. The molecule has 2 aliphatic carbocycles. The number of hydrogen-bond donors (Lipinski definition) is 4. The number of likely N-dealkylation sites (tertiary alicyclic amines) is 1. The van der Waals surface area contributed by atoms with Crippen molar-refractivity contribution in [3.63, 3.8) is 0 Å². The smallest absolute Gasteiger partial charge is 0.315 e. The van der Waals surface area contributed by atoms with Crippen LogP contribution >= 0.6 is 11.3 Å². The quantitative estimate of drug-likeness (QED) is 0.198. The van der Waals surface area contributed by atoms with Gasteiger partial charge in [-0.1, -0.05) is 46.1 Å². The number of rotatable bonds is 12. The van der Waals surface area contributed by atoms with Crippen LogP contribution in [-0.2, 0) is 19.2 Å². The molecular formula is C38H50N8O6S. The highest BCUT2D eigenvalue weighted by Crippen LogP contribution is 2.35. The number of urea groups is 1. The van der Waals surface area contributed by atoms with E-state index in [-0.39, 0.29) is 24.9 Å². The Kier molecular flexibility index (Phi) is 11.0. The molecule has 14 nitrogen and oxygen atoms in total. The Morgan fingerprint density at radius 2 is 1.74 bits per heavy atom. The molecular weight excluding hydrogens is 697 g/mol. The Bertz CT molecular complexity index is 1850. The van der Waals surface area contributed by atoms with Gasteiger partial charge in [-0.2, -0.15) is 4.98 Å². The number of thiophene rings is 1. The van der Waals surface area contributed by atoms with Crippen LogP contribution in [0.4, 0.5) is 4.79 Å². The van der Waals surface area contributed by atoms with E-state index in [2.05, 4.69) is 31.2 Å². The molecule has 3 aliphatic rings. The van der Waals surface area contributed by atoms with Gasteiger partial charge in [-0.05, 0) is 74.9 Å². The minimum absolute atomic E-state index is 0.00522. The normalized spacial score (nSPS) is 20.2. The van der Waals surface area contributed by atoms with Crippen LogP contribution in [0.2, 0.25) is 0 Å². The van der Waals surface area contributed by atoms with Crippen molar-refractivity contribution in [2.75, 3.05) is 6.54 Å². The lowest BCUT2D eigenvalue weighted by molar-refractivity contribution is -0.144. The topological polar surface area (TPSA) is 185 Å². The number of ether oxygens (including phenoxy) is 1. The van der Waals surface area contributed by atoms with Crippen LogP contribution in [0.5, 0.6) is 5.88 Å². The fourth-order valence-corrected chi connectivity index (χ4v) is 7.35. The lowest BCUT2D eigenvalue weighted by atomic mass is 9.80. The summed E-state index contributed by atoms with van der Waals surface area (Å²) in [5.41, 5.74) is -0.0727. The number of pyridine rings is 1. The molecule has 1 saturated heterocycles. The van der Waals surface area contributed by atoms with E-state index in [1.165, 1.54) is 16.2 Å². The zero-order valence-electron chi connectivity index (χ0n) is 31.2. The molecule has 4 N–H and O–H groups in total. The number of Topliss-reactive ketones (excluding diaryl/α,β-unsaturated/α-hetero) is 1. The van der Waals surface area contributed by atoms with Crippen LogP contribution in [-0.4, -0.2) is 91.7 Å². The molecule has 6 rings (SSSR count). The Balaban J connectivity index is 1.29. The third kappa shape index (κ3) is 9.48. The first-order valence-corrected chi connectivity index (χ1v) is 19.3. The SMILES string of the molecule is CC(C)(C)NC(=O)N[C@H](C(=O)N1C[C@H](Oc2nc(-c3ccccn3)nc3ccsc23)C[C@H]1C(=O)N[C@@H](CC1CCC1)C(=O)C(=O)NC1CC1)C(C)(C)C. The van der Waals surface area contributed by atoms with Crippen LogP contribution in [0.25, 0.3) is 21.7 Å². The average Bonchev–Trinajstić information content (AvgIpc) is 3.57. The highest BCUT2D eigenvalue weighted by atomic mass is 32.1. The first-order chi connectivity index (χ1) is 25.1. The standard InChI is InChI=1S/C38H50N8O6S/c1-37(2,3)30(43-36(51)45-38(4,5)6)35(50)46-20-23(52-34-29-24(15-17-53-29)41-31(44-34)25-12-7-8-16-39-25)19-27(46)32(48)42-26(18-21-10-9-11-21)28(47)33(49)40-22-13-14-22/h7-8,12,15-17,21-23,26-27,30H,9-11,13-14,18-20H2,1-6H3,(H,40,49)(H,42,48)(H2,43,45,51)/t23-,26+,27+,30-/m1/s1. The molecule has 4 heterocycles. The Morgan fingerprint density at radius 3 is 2.36 bits per heavy atom. The van der Waals surface area contributed by atoms with Gasteiger partial charge in [0.05, 0.1) is 18.1 Å². The summed E-state index contributed by atoms with van der Waals surface area (Å²) >= 11 is 1.41. The maximum absolute atomic E-state index is 14.6. The van der Waals surface area contributed by atoms with Gasteiger partial charge in [-0.3, -0.25) is 24.2 Å². The van der Waals surface area contributed by atoms with Gasteiger partial charge in [0.25, 0.3) is 5.91 Å². The van der Waals surface area contributed by atoms with Gasteiger partial charge in [-0.25, -0.2) is 9.78 Å². The van der Waals surface area contributed by atoms with Gasteiger partial charge >= 0.3 is 6.03 Å². The Labute approximate surface area is 313 Å². The van der Waals surface area contributed by atoms with Crippen molar-refractivity contribution in [3.05, 3.63) is 35.8 Å². The fraction of sp³-hybridized carbons (Fsp3) is 0.579. The summed E-state index contributed by atoms with van der Waals surface area (Å²) in [7, 11) is 0.